The maximum absolute atomic E-state index is 12.9. The minimum absolute atomic E-state index is 0.153. The van der Waals surface area contributed by atoms with Crippen LogP contribution in [0.2, 0.25) is 0 Å². The molecule has 0 aromatic rings. The highest BCUT2D eigenvalue weighted by Gasteiger charge is 2.28. The predicted octanol–water partition coefficient (Wildman–Crippen LogP) is 17.1. The van der Waals surface area contributed by atoms with Gasteiger partial charge in [-0.15, -0.1) is 0 Å². The van der Waals surface area contributed by atoms with Crippen LogP contribution < -0.4 is 0 Å². The van der Waals surface area contributed by atoms with Crippen molar-refractivity contribution in [3.63, 3.8) is 0 Å². The van der Waals surface area contributed by atoms with E-state index in [1.807, 2.05) is 0 Å². The largest absolute Gasteiger partial charge is 0.472 e. The lowest BCUT2D eigenvalue weighted by Crippen LogP contribution is -2.30. The number of carbonyl (C=O) groups is 3. The molecule has 0 aliphatic carbocycles. The highest BCUT2D eigenvalue weighted by atomic mass is 31.2. The fraction of sp³-hybridized carbons (Fsp3) is 0.783. The average Bonchev–Trinajstić information content (AvgIpc) is 3.37. The Morgan fingerprint density at radius 2 is 0.681 bits per heavy atom. The fourth-order valence-corrected chi connectivity index (χ4v) is 8.71. The zero-order valence-electron chi connectivity index (χ0n) is 46.1. The molecule has 72 heavy (non-hydrogen) atoms. The summed E-state index contributed by atoms with van der Waals surface area (Å²) in [7, 11) is -4.75. The first-order valence-corrected chi connectivity index (χ1v) is 30.7. The van der Waals surface area contributed by atoms with E-state index in [0.717, 1.165) is 116 Å². The molecule has 2 N–H and O–H groups in total. The van der Waals surface area contributed by atoms with Crippen LogP contribution in [0, 0.1) is 0 Å². The first-order chi connectivity index (χ1) is 35.2. The third-order valence-corrected chi connectivity index (χ3v) is 13.4. The Morgan fingerprint density at radius 1 is 0.389 bits per heavy atom. The number of rotatable bonds is 54. The molecule has 0 amide bonds. The van der Waals surface area contributed by atoms with Gasteiger partial charge >= 0.3 is 25.7 Å². The van der Waals surface area contributed by atoms with E-state index in [1.54, 1.807) is 0 Å². The monoisotopic (exact) mass is 1030 g/mol. The quantitative estimate of drug-likeness (QED) is 0.0197. The van der Waals surface area contributed by atoms with Crippen LogP contribution in [0.25, 0.3) is 0 Å². The molecule has 0 spiro atoms. The SMILES string of the molecule is CCCCC/C=C\C/C=C\C/C=C\CCCCCCCCC(=O)OC(COC(=O)CCCCCCCCCCCCC)COP(=O)(O)OCC(CO)OC(=O)CCCCCCC/C=C\C/C=C\CCCCC. The molecule has 3 atom stereocenters. The summed E-state index contributed by atoms with van der Waals surface area (Å²) in [5.74, 6) is -1.48. The summed E-state index contributed by atoms with van der Waals surface area (Å²) in [5.41, 5.74) is 0. The number of allylic oxidation sites excluding steroid dienone is 10. The van der Waals surface area contributed by atoms with Crippen molar-refractivity contribution in [3.8, 4) is 0 Å². The molecule has 0 bridgehead atoms. The van der Waals surface area contributed by atoms with E-state index >= 15 is 0 Å². The van der Waals surface area contributed by atoms with Crippen molar-refractivity contribution in [3.05, 3.63) is 60.8 Å². The van der Waals surface area contributed by atoms with Gasteiger partial charge in [0.25, 0.3) is 0 Å². The van der Waals surface area contributed by atoms with Crippen molar-refractivity contribution in [1.82, 2.24) is 0 Å². The molecule has 0 aliphatic rings. The minimum atomic E-state index is -4.75. The number of hydrogen-bond acceptors (Lipinski definition) is 10. The summed E-state index contributed by atoms with van der Waals surface area (Å²) in [4.78, 5) is 48.5. The van der Waals surface area contributed by atoms with Gasteiger partial charge in [0.15, 0.2) is 6.10 Å². The molecule has 12 heteroatoms. The molecule has 0 aliphatic heterocycles. The first-order valence-electron chi connectivity index (χ1n) is 29.2. The highest BCUT2D eigenvalue weighted by Crippen LogP contribution is 2.43. The number of unbranched alkanes of at least 4 members (excludes halogenated alkanes) is 27. The topological polar surface area (TPSA) is 155 Å². The Labute approximate surface area is 440 Å². The van der Waals surface area contributed by atoms with Crippen molar-refractivity contribution in [2.24, 2.45) is 0 Å². The van der Waals surface area contributed by atoms with Crippen LogP contribution in [-0.2, 0) is 42.2 Å². The number of hydrogen-bond donors (Lipinski definition) is 2. The molecule has 11 nitrogen and oxygen atoms in total. The second-order valence-corrected chi connectivity index (χ2v) is 20.9. The smallest absolute Gasteiger partial charge is 0.462 e. The number of esters is 3. The third kappa shape index (κ3) is 52.1. The maximum Gasteiger partial charge on any atom is 0.472 e. The van der Waals surface area contributed by atoms with E-state index in [4.69, 9.17) is 23.3 Å². The molecule has 0 heterocycles. The van der Waals surface area contributed by atoms with Gasteiger partial charge in [-0.05, 0) is 89.9 Å². The number of aliphatic hydroxyl groups is 1. The molecule has 0 aromatic heterocycles. The van der Waals surface area contributed by atoms with Crippen LogP contribution in [-0.4, -0.2) is 66.5 Å². The molecule has 418 valence electrons. The lowest BCUT2D eigenvalue weighted by molar-refractivity contribution is -0.161. The van der Waals surface area contributed by atoms with Gasteiger partial charge in [-0.25, -0.2) is 4.57 Å². The molecule has 0 saturated heterocycles. The van der Waals surface area contributed by atoms with Crippen LogP contribution in [0.4, 0.5) is 0 Å². The Balaban J connectivity index is 4.71. The number of phosphoric ester groups is 1. The second-order valence-electron chi connectivity index (χ2n) is 19.5. The normalized spacial score (nSPS) is 13.8. The third-order valence-electron chi connectivity index (χ3n) is 12.4. The Kier molecular flexibility index (Phi) is 52.3. The molecule has 0 radical (unpaired) electrons. The average molecular weight is 1040 g/mol. The van der Waals surface area contributed by atoms with E-state index in [1.165, 1.54) is 89.9 Å². The van der Waals surface area contributed by atoms with Crippen LogP contribution >= 0.6 is 7.82 Å². The lowest BCUT2D eigenvalue weighted by Gasteiger charge is -2.21. The molecule has 0 saturated carbocycles. The van der Waals surface area contributed by atoms with E-state index < -0.39 is 57.8 Å². The predicted molar refractivity (Wildman–Crippen MR) is 298 cm³/mol. The summed E-state index contributed by atoms with van der Waals surface area (Å²) >= 11 is 0. The summed E-state index contributed by atoms with van der Waals surface area (Å²) < 4.78 is 39.5. The lowest BCUT2D eigenvalue weighted by atomic mass is 10.1. The highest BCUT2D eigenvalue weighted by molar-refractivity contribution is 7.47. The molecule has 0 rings (SSSR count). The Morgan fingerprint density at radius 3 is 1.07 bits per heavy atom. The van der Waals surface area contributed by atoms with Gasteiger partial charge in [-0.1, -0.05) is 216 Å². The number of phosphoric acid groups is 1. The maximum atomic E-state index is 12.9. The summed E-state index contributed by atoms with van der Waals surface area (Å²) in [6.07, 6.45) is 58.9. The first kappa shape index (κ1) is 69.2. The molecular weight excluding hydrogens is 928 g/mol. The van der Waals surface area contributed by atoms with E-state index in [2.05, 4.69) is 81.5 Å². The van der Waals surface area contributed by atoms with Gasteiger partial charge in [0.2, 0.25) is 0 Å². The van der Waals surface area contributed by atoms with E-state index in [0.29, 0.717) is 19.3 Å². The number of carbonyl (C=O) groups excluding carboxylic acids is 3. The fourth-order valence-electron chi connectivity index (χ4n) is 7.92. The van der Waals surface area contributed by atoms with Gasteiger partial charge in [0, 0.05) is 19.3 Å². The Hall–Kier alpha value is -2.82. The van der Waals surface area contributed by atoms with Gasteiger partial charge in [-0.3, -0.25) is 23.4 Å². The zero-order chi connectivity index (χ0) is 52.7. The molecule has 0 fully saturated rings. The second kappa shape index (κ2) is 54.4. The number of ether oxygens (including phenoxy) is 3. The van der Waals surface area contributed by atoms with Crippen molar-refractivity contribution in [2.75, 3.05) is 26.4 Å². The summed E-state index contributed by atoms with van der Waals surface area (Å²) in [6.45, 7) is 4.57. The van der Waals surface area contributed by atoms with E-state index in [-0.39, 0.29) is 25.9 Å². The van der Waals surface area contributed by atoms with Crippen molar-refractivity contribution in [1.29, 1.82) is 0 Å². The van der Waals surface area contributed by atoms with Crippen molar-refractivity contribution in [2.45, 2.75) is 277 Å². The molecule has 0 aromatic carbocycles. The van der Waals surface area contributed by atoms with Gasteiger partial charge < -0.3 is 24.2 Å². The van der Waals surface area contributed by atoms with Gasteiger partial charge in [0.1, 0.15) is 12.7 Å². The van der Waals surface area contributed by atoms with Crippen LogP contribution in [0.5, 0.6) is 0 Å². The molecular formula is C60H107O11P. The van der Waals surface area contributed by atoms with Crippen molar-refractivity contribution >= 4 is 25.7 Å². The van der Waals surface area contributed by atoms with Crippen molar-refractivity contribution < 1.29 is 52.2 Å². The van der Waals surface area contributed by atoms with Crippen LogP contribution in [0.15, 0.2) is 60.8 Å². The van der Waals surface area contributed by atoms with E-state index in [9.17, 15) is 28.9 Å². The molecule has 3 unspecified atom stereocenters. The van der Waals surface area contributed by atoms with Crippen LogP contribution in [0.3, 0.4) is 0 Å². The summed E-state index contributed by atoms with van der Waals surface area (Å²) in [6, 6.07) is 0. The van der Waals surface area contributed by atoms with Crippen LogP contribution in [0.1, 0.15) is 265 Å². The number of aliphatic hydroxyl groups excluding tert-OH is 1. The summed E-state index contributed by atoms with van der Waals surface area (Å²) in [5, 5.41) is 9.81. The van der Waals surface area contributed by atoms with Gasteiger partial charge in [0.05, 0.1) is 19.8 Å². The standard InChI is InChI=1S/C60H107O11P/c1-4-7-10-13-16-19-22-24-26-27-28-29-31-33-36-39-42-45-48-51-60(64)71-57(53-67-58(62)49-46-43-40-37-34-21-18-15-12-9-6-3)55-69-72(65,66)68-54-56(52-61)70-59(63)50-47-44-41-38-35-32-30-25-23-20-17-14-11-8-5-2/h16-17,19-20,24-26,28-30,56-57,61H,4-15,18,21-23,27,31-55H2,1-3H3,(H,65,66)/b19-16-,20-17-,26-24-,29-28-,30-25-. The Bertz CT molecular complexity index is 1440. The zero-order valence-corrected chi connectivity index (χ0v) is 47.0. The minimum Gasteiger partial charge on any atom is -0.462 e. The van der Waals surface area contributed by atoms with Gasteiger partial charge in [-0.2, -0.15) is 0 Å².